The van der Waals surface area contributed by atoms with Gasteiger partial charge in [-0.2, -0.15) is 0 Å². The summed E-state index contributed by atoms with van der Waals surface area (Å²) in [6.45, 7) is 0. The van der Waals surface area contributed by atoms with Crippen molar-refractivity contribution in [2.24, 2.45) is 0 Å². The molecule has 11 aromatic rings. The lowest BCUT2D eigenvalue weighted by atomic mass is 9.93. The van der Waals surface area contributed by atoms with Crippen LogP contribution in [0.25, 0.3) is 111 Å². The van der Waals surface area contributed by atoms with E-state index in [1.807, 2.05) is 24.3 Å². The van der Waals surface area contributed by atoms with Crippen molar-refractivity contribution >= 4 is 54.3 Å². The van der Waals surface area contributed by atoms with Gasteiger partial charge in [-0.05, 0) is 79.5 Å². The van der Waals surface area contributed by atoms with Gasteiger partial charge in [0.2, 0.25) is 0 Å². The van der Waals surface area contributed by atoms with Gasteiger partial charge in [0.1, 0.15) is 11.2 Å². The largest absolute Gasteiger partial charge is 0.455 e. The first kappa shape index (κ1) is 31.1. The van der Waals surface area contributed by atoms with E-state index in [0.29, 0.717) is 17.5 Å². The minimum absolute atomic E-state index is 0.592. The Hall–Kier alpha value is -7.43. The molecule has 0 aliphatic heterocycles. The van der Waals surface area contributed by atoms with Crippen LogP contribution in [0.5, 0.6) is 0 Å². The van der Waals surface area contributed by atoms with Crippen LogP contribution < -0.4 is 0 Å². The van der Waals surface area contributed by atoms with Gasteiger partial charge >= 0.3 is 0 Å². The molecule has 4 heteroatoms. The molecule has 0 bridgehead atoms. The van der Waals surface area contributed by atoms with Crippen molar-refractivity contribution in [3.05, 3.63) is 188 Å². The molecule has 0 saturated carbocycles. The number of benzene rings is 9. The van der Waals surface area contributed by atoms with Crippen molar-refractivity contribution in [3.8, 4) is 56.4 Å². The van der Waals surface area contributed by atoms with Gasteiger partial charge in [-0.25, -0.2) is 15.0 Å². The summed E-state index contributed by atoms with van der Waals surface area (Å²) in [4.78, 5) is 15.8. The fraction of sp³-hybridized carbons (Fsp3) is 0. The highest BCUT2D eigenvalue weighted by Gasteiger charge is 2.22. The van der Waals surface area contributed by atoms with Gasteiger partial charge in [0.25, 0.3) is 0 Å². The number of nitrogens with zero attached hydrogens (tertiary/aromatic N) is 3. The number of fused-ring (bicyclic) bond motifs is 7. The smallest absolute Gasteiger partial charge is 0.164 e. The van der Waals surface area contributed by atoms with E-state index < -0.39 is 0 Å². The van der Waals surface area contributed by atoms with Crippen LogP contribution in [-0.2, 0) is 0 Å². The third-order valence-corrected chi connectivity index (χ3v) is 10.7. The van der Waals surface area contributed by atoms with Gasteiger partial charge in [0.15, 0.2) is 17.5 Å². The fourth-order valence-corrected chi connectivity index (χ4v) is 7.96. The summed E-state index contributed by atoms with van der Waals surface area (Å²) >= 11 is 0. The van der Waals surface area contributed by atoms with E-state index in [0.717, 1.165) is 76.7 Å². The average molecular weight is 702 g/mol. The van der Waals surface area contributed by atoms with Crippen LogP contribution in [0, 0.1) is 0 Å². The van der Waals surface area contributed by atoms with Crippen LogP contribution in [0.3, 0.4) is 0 Å². The summed E-state index contributed by atoms with van der Waals surface area (Å²) in [5, 5.41) is 8.70. The van der Waals surface area contributed by atoms with E-state index in [4.69, 9.17) is 19.4 Å². The SMILES string of the molecule is c1ccc(-c2ccc3cc(-c4nc(-c5ccc6ccccc6c5)nc(-c5cc6c(-c7ccccc7)cccc6c6oc7ccccc7c56)n4)ccc3c2)cc1. The number of rotatable bonds is 5. The van der Waals surface area contributed by atoms with E-state index in [1.54, 1.807) is 0 Å². The normalized spacial score (nSPS) is 11.6. The third-order valence-electron chi connectivity index (χ3n) is 10.7. The summed E-state index contributed by atoms with van der Waals surface area (Å²) in [5.74, 6) is 1.82. The Kier molecular flexibility index (Phi) is 7.14. The Labute approximate surface area is 317 Å². The highest BCUT2D eigenvalue weighted by atomic mass is 16.3. The summed E-state index contributed by atoms with van der Waals surface area (Å²) < 4.78 is 6.72. The van der Waals surface area contributed by atoms with Crippen LogP contribution in [0.15, 0.2) is 192 Å². The van der Waals surface area contributed by atoms with E-state index in [1.165, 1.54) is 16.5 Å². The highest BCUT2D eigenvalue weighted by Crippen LogP contribution is 2.43. The molecule has 0 aliphatic rings. The van der Waals surface area contributed by atoms with E-state index in [-0.39, 0.29) is 0 Å². The van der Waals surface area contributed by atoms with E-state index in [9.17, 15) is 0 Å². The standard InChI is InChI=1S/C51H31N3O/c1-3-12-32(13-4-1)36-23-24-38-30-40(27-25-37(38)28-36)50-52-49(39-26-22-33-14-7-8-17-35(33)29-39)53-51(54-50)45-31-44-41(34-15-5-2-6-16-34)19-11-20-42(44)48-47(45)43-18-9-10-21-46(43)55-48/h1-31H. The Morgan fingerprint density at radius 2 is 0.855 bits per heavy atom. The molecule has 0 spiro atoms. The van der Waals surface area contributed by atoms with Gasteiger partial charge in [-0.3, -0.25) is 0 Å². The van der Waals surface area contributed by atoms with Crippen molar-refractivity contribution in [1.82, 2.24) is 15.0 Å². The molecular formula is C51H31N3O. The molecule has 4 nitrogen and oxygen atoms in total. The molecule has 0 radical (unpaired) electrons. The number of hydrogen-bond donors (Lipinski definition) is 0. The van der Waals surface area contributed by atoms with Crippen LogP contribution in [0.2, 0.25) is 0 Å². The van der Waals surface area contributed by atoms with Gasteiger partial charge in [0, 0.05) is 32.8 Å². The molecule has 0 saturated heterocycles. The molecule has 0 amide bonds. The minimum atomic E-state index is 0.592. The van der Waals surface area contributed by atoms with Crippen LogP contribution in [-0.4, -0.2) is 15.0 Å². The molecule has 2 heterocycles. The Morgan fingerprint density at radius 1 is 0.309 bits per heavy atom. The maximum absolute atomic E-state index is 6.72. The Morgan fingerprint density at radius 3 is 1.60 bits per heavy atom. The predicted octanol–water partition coefficient (Wildman–Crippen LogP) is 13.6. The number of para-hydroxylation sites is 1. The van der Waals surface area contributed by atoms with Crippen LogP contribution in [0.4, 0.5) is 0 Å². The fourth-order valence-electron chi connectivity index (χ4n) is 7.96. The predicted molar refractivity (Wildman–Crippen MR) is 227 cm³/mol. The number of hydrogen-bond acceptors (Lipinski definition) is 4. The first-order valence-corrected chi connectivity index (χ1v) is 18.5. The van der Waals surface area contributed by atoms with Crippen molar-refractivity contribution in [2.45, 2.75) is 0 Å². The zero-order valence-electron chi connectivity index (χ0n) is 29.6. The lowest BCUT2D eigenvalue weighted by Crippen LogP contribution is -2.01. The first-order valence-electron chi connectivity index (χ1n) is 18.5. The molecule has 0 fully saturated rings. The van der Waals surface area contributed by atoms with E-state index >= 15 is 0 Å². The third kappa shape index (κ3) is 5.34. The molecular weight excluding hydrogens is 671 g/mol. The zero-order valence-corrected chi connectivity index (χ0v) is 29.6. The highest BCUT2D eigenvalue weighted by molar-refractivity contribution is 6.22. The van der Waals surface area contributed by atoms with E-state index in [2.05, 4.69) is 164 Å². The second-order valence-electron chi connectivity index (χ2n) is 14.0. The lowest BCUT2D eigenvalue weighted by molar-refractivity contribution is 0.672. The molecule has 0 atom stereocenters. The monoisotopic (exact) mass is 701 g/mol. The number of aromatic nitrogens is 3. The zero-order chi connectivity index (χ0) is 36.3. The molecule has 0 N–H and O–H groups in total. The number of furan rings is 1. The average Bonchev–Trinajstić information content (AvgIpc) is 3.66. The topological polar surface area (TPSA) is 51.8 Å². The molecule has 0 aliphatic carbocycles. The second kappa shape index (κ2) is 12.6. The van der Waals surface area contributed by atoms with Crippen molar-refractivity contribution in [2.75, 3.05) is 0 Å². The van der Waals surface area contributed by atoms with Crippen molar-refractivity contribution in [3.63, 3.8) is 0 Å². The molecule has 2 aromatic heterocycles. The van der Waals surface area contributed by atoms with Crippen molar-refractivity contribution < 1.29 is 4.42 Å². The minimum Gasteiger partial charge on any atom is -0.455 e. The molecule has 0 unspecified atom stereocenters. The Bertz CT molecular complexity index is 3260. The van der Waals surface area contributed by atoms with Crippen LogP contribution in [0.1, 0.15) is 0 Å². The second-order valence-corrected chi connectivity index (χ2v) is 14.0. The van der Waals surface area contributed by atoms with Crippen molar-refractivity contribution in [1.29, 1.82) is 0 Å². The molecule has 11 rings (SSSR count). The van der Waals surface area contributed by atoms with Gasteiger partial charge < -0.3 is 4.42 Å². The molecule has 55 heavy (non-hydrogen) atoms. The first-order chi connectivity index (χ1) is 27.2. The summed E-state index contributed by atoms with van der Waals surface area (Å²) in [5.41, 5.74) is 9.02. The quantitative estimate of drug-likeness (QED) is 0.179. The summed E-state index contributed by atoms with van der Waals surface area (Å²) in [6, 6.07) is 65.8. The molecule has 256 valence electrons. The van der Waals surface area contributed by atoms with Crippen LogP contribution >= 0.6 is 0 Å². The van der Waals surface area contributed by atoms with Gasteiger partial charge in [-0.1, -0.05) is 158 Å². The summed E-state index contributed by atoms with van der Waals surface area (Å²) in [7, 11) is 0. The Balaban J connectivity index is 1.18. The summed E-state index contributed by atoms with van der Waals surface area (Å²) in [6.07, 6.45) is 0. The van der Waals surface area contributed by atoms with Gasteiger partial charge in [-0.15, -0.1) is 0 Å². The maximum Gasteiger partial charge on any atom is 0.164 e. The van der Waals surface area contributed by atoms with Gasteiger partial charge in [0.05, 0.1) is 0 Å². The maximum atomic E-state index is 6.72. The molecule has 9 aromatic carbocycles. The lowest BCUT2D eigenvalue weighted by Gasteiger charge is -2.13.